The number of nitrogens with one attached hydrogen (secondary N) is 1. The number of carbonyl (C=O) groups is 1. The van der Waals surface area contributed by atoms with E-state index >= 15 is 0 Å². The first-order chi connectivity index (χ1) is 11.2. The van der Waals surface area contributed by atoms with Gasteiger partial charge in [-0.25, -0.2) is 4.68 Å². The van der Waals surface area contributed by atoms with Crippen molar-refractivity contribution < 1.29 is 4.79 Å². The Morgan fingerprint density at radius 1 is 1.04 bits per heavy atom. The van der Waals surface area contributed by atoms with Crippen LogP contribution in [0.15, 0.2) is 60.7 Å². The summed E-state index contributed by atoms with van der Waals surface area (Å²) >= 11 is 0. The summed E-state index contributed by atoms with van der Waals surface area (Å²) in [5.41, 5.74) is 4.17. The molecule has 4 rings (SSSR count). The molecule has 4 heteroatoms. The van der Waals surface area contributed by atoms with Crippen LogP contribution >= 0.6 is 0 Å². The Labute approximate surface area is 134 Å². The van der Waals surface area contributed by atoms with Crippen molar-refractivity contribution in [3.8, 4) is 5.69 Å². The number of amides is 1. The molecule has 0 radical (unpaired) electrons. The number of nitrogens with zero attached hydrogens (tertiary/aromatic N) is 2. The second kappa shape index (κ2) is 5.39. The van der Waals surface area contributed by atoms with Gasteiger partial charge in [-0.2, -0.15) is 5.10 Å². The van der Waals surface area contributed by atoms with Crippen molar-refractivity contribution in [2.24, 2.45) is 0 Å². The zero-order chi connectivity index (χ0) is 15.8. The predicted octanol–water partition coefficient (Wildman–Crippen LogP) is 3.65. The van der Waals surface area contributed by atoms with E-state index in [9.17, 15) is 4.79 Å². The number of aryl methyl sites for hydroxylation is 1. The molecule has 3 aromatic rings. The molecule has 0 fully saturated rings. The van der Waals surface area contributed by atoms with Crippen LogP contribution in [0.2, 0.25) is 0 Å². The highest BCUT2D eigenvalue weighted by molar-refractivity contribution is 5.95. The molecule has 23 heavy (non-hydrogen) atoms. The monoisotopic (exact) mass is 303 g/mol. The zero-order valence-electron chi connectivity index (χ0n) is 12.9. The highest BCUT2D eigenvalue weighted by Gasteiger charge is 2.32. The summed E-state index contributed by atoms with van der Waals surface area (Å²) in [5, 5.41) is 7.68. The molecular formula is C19H17N3O. The van der Waals surface area contributed by atoms with Crippen molar-refractivity contribution in [3.63, 3.8) is 0 Å². The Bertz CT molecular complexity index is 853. The first-order valence-electron chi connectivity index (χ1n) is 7.74. The summed E-state index contributed by atoms with van der Waals surface area (Å²) < 4.78 is 1.83. The fraction of sp³-hybridized carbons (Fsp3) is 0.158. The molecule has 2 aromatic carbocycles. The van der Waals surface area contributed by atoms with Crippen molar-refractivity contribution in [1.29, 1.82) is 0 Å². The maximum Gasteiger partial charge on any atom is 0.226 e. The fourth-order valence-electron chi connectivity index (χ4n) is 3.27. The lowest BCUT2D eigenvalue weighted by Crippen LogP contribution is -2.24. The molecule has 1 unspecified atom stereocenters. The molecule has 1 atom stereocenters. The topological polar surface area (TPSA) is 46.9 Å². The lowest BCUT2D eigenvalue weighted by molar-refractivity contribution is -0.116. The van der Waals surface area contributed by atoms with Gasteiger partial charge in [-0.15, -0.1) is 0 Å². The van der Waals surface area contributed by atoms with Gasteiger partial charge in [-0.05, 0) is 24.6 Å². The fourth-order valence-corrected chi connectivity index (χ4v) is 3.27. The second-order valence-corrected chi connectivity index (χ2v) is 5.81. The Hall–Kier alpha value is -2.88. The van der Waals surface area contributed by atoms with Gasteiger partial charge in [0.15, 0.2) is 0 Å². The van der Waals surface area contributed by atoms with Crippen LogP contribution in [-0.2, 0) is 4.79 Å². The van der Waals surface area contributed by atoms with Crippen LogP contribution in [0.4, 0.5) is 5.82 Å². The van der Waals surface area contributed by atoms with E-state index in [0.717, 1.165) is 28.3 Å². The zero-order valence-corrected chi connectivity index (χ0v) is 12.9. The highest BCUT2D eigenvalue weighted by atomic mass is 16.1. The Balaban J connectivity index is 1.89. The van der Waals surface area contributed by atoms with Crippen molar-refractivity contribution in [1.82, 2.24) is 9.78 Å². The van der Waals surface area contributed by atoms with Crippen LogP contribution in [0.1, 0.15) is 29.2 Å². The van der Waals surface area contributed by atoms with Gasteiger partial charge in [-0.1, -0.05) is 48.5 Å². The molecule has 1 aliphatic heterocycles. The molecule has 0 bridgehead atoms. The minimum atomic E-state index is 0.0310. The number of fused-ring (bicyclic) bond motifs is 1. The van der Waals surface area contributed by atoms with E-state index < -0.39 is 0 Å². The van der Waals surface area contributed by atoms with E-state index in [-0.39, 0.29) is 11.8 Å². The van der Waals surface area contributed by atoms with Crippen molar-refractivity contribution in [2.75, 3.05) is 5.32 Å². The number of rotatable bonds is 2. The largest absolute Gasteiger partial charge is 0.310 e. The summed E-state index contributed by atoms with van der Waals surface area (Å²) in [7, 11) is 0. The van der Waals surface area contributed by atoms with Crippen LogP contribution in [0.25, 0.3) is 5.69 Å². The van der Waals surface area contributed by atoms with Crippen LogP contribution in [0.3, 0.4) is 0 Å². The third-order valence-corrected chi connectivity index (χ3v) is 4.31. The minimum absolute atomic E-state index is 0.0310. The van der Waals surface area contributed by atoms with E-state index in [1.165, 1.54) is 0 Å². The van der Waals surface area contributed by atoms with Gasteiger partial charge in [0.1, 0.15) is 5.82 Å². The van der Waals surface area contributed by atoms with E-state index in [2.05, 4.69) is 22.5 Å². The Kier molecular flexibility index (Phi) is 3.23. The van der Waals surface area contributed by atoms with Crippen molar-refractivity contribution >= 4 is 11.7 Å². The number of anilines is 1. The average Bonchev–Trinajstić information content (AvgIpc) is 2.92. The number of para-hydroxylation sites is 1. The number of benzene rings is 2. The smallest absolute Gasteiger partial charge is 0.226 e. The summed E-state index contributed by atoms with van der Waals surface area (Å²) in [6.07, 6.45) is 0.457. The highest BCUT2D eigenvalue weighted by Crippen LogP contribution is 2.39. The van der Waals surface area contributed by atoms with Gasteiger partial charge in [0, 0.05) is 17.9 Å². The van der Waals surface area contributed by atoms with Crippen LogP contribution in [0, 0.1) is 6.92 Å². The first-order valence-corrected chi connectivity index (χ1v) is 7.74. The number of hydrogen-bond donors (Lipinski definition) is 1. The normalized spacial score (nSPS) is 16.7. The van der Waals surface area contributed by atoms with Gasteiger partial charge in [0.25, 0.3) is 0 Å². The number of hydrogen-bond acceptors (Lipinski definition) is 2. The summed E-state index contributed by atoms with van der Waals surface area (Å²) in [6, 6.07) is 20.1. The lowest BCUT2D eigenvalue weighted by atomic mass is 9.86. The number of carbonyl (C=O) groups excluding carboxylic acids is 1. The molecule has 114 valence electrons. The van der Waals surface area contributed by atoms with Crippen LogP contribution in [-0.4, -0.2) is 15.7 Å². The average molecular weight is 303 g/mol. The minimum Gasteiger partial charge on any atom is -0.310 e. The number of aromatic nitrogens is 2. The SMILES string of the molecule is Cc1nn(-c2ccccc2)c2c1C(c1ccccc1)CC(=O)N2. The van der Waals surface area contributed by atoms with E-state index in [0.29, 0.717) is 6.42 Å². The van der Waals surface area contributed by atoms with Gasteiger partial charge in [0.2, 0.25) is 5.91 Å². The molecule has 0 spiro atoms. The quantitative estimate of drug-likeness (QED) is 0.785. The molecule has 0 aliphatic carbocycles. The van der Waals surface area contributed by atoms with Gasteiger partial charge < -0.3 is 5.32 Å². The molecule has 4 nitrogen and oxygen atoms in total. The summed E-state index contributed by atoms with van der Waals surface area (Å²) in [6.45, 7) is 2.01. The third kappa shape index (κ3) is 2.32. The maximum absolute atomic E-state index is 12.3. The van der Waals surface area contributed by atoms with E-state index in [1.807, 2.05) is 60.1 Å². The molecule has 2 heterocycles. The molecule has 0 saturated heterocycles. The molecule has 1 N–H and O–H groups in total. The van der Waals surface area contributed by atoms with Gasteiger partial charge >= 0.3 is 0 Å². The lowest BCUT2D eigenvalue weighted by Gasteiger charge is -2.24. The van der Waals surface area contributed by atoms with Gasteiger partial charge in [-0.3, -0.25) is 4.79 Å². The predicted molar refractivity (Wildman–Crippen MR) is 89.8 cm³/mol. The molecular weight excluding hydrogens is 286 g/mol. The second-order valence-electron chi connectivity index (χ2n) is 5.81. The van der Waals surface area contributed by atoms with Crippen molar-refractivity contribution in [2.45, 2.75) is 19.3 Å². The molecule has 0 saturated carbocycles. The van der Waals surface area contributed by atoms with Gasteiger partial charge in [0.05, 0.1) is 11.4 Å². The standard InChI is InChI=1S/C19H17N3O/c1-13-18-16(14-8-4-2-5-9-14)12-17(23)20-19(18)22(21-13)15-10-6-3-7-11-15/h2-11,16H,12H2,1H3,(H,20,23). The summed E-state index contributed by atoms with van der Waals surface area (Å²) in [4.78, 5) is 12.3. The Morgan fingerprint density at radius 2 is 1.70 bits per heavy atom. The molecule has 1 aromatic heterocycles. The third-order valence-electron chi connectivity index (χ3n) is 4.31. The first kappa shape index (κ1) is 13.8. The van der Waals surface area contributed by atoms with E-state index in [1.54, 1.807) is 0 Å². The Morgan fingerprint density at radius 3 is 2.39 bits per heavy atom. The van der Waals surface area contributed by atoms with Crippen LogP contribution in [0.5, 0.6) is 0 Å². The molecule has 1 aliphatic rings. The maximum atomic E-state index is 12.3. The van der Waals surface area contributed by atoms with E-state index in [4.69, 9.17) is 0 Å². The van der Waals surface area contributed by atoms with Crippen molar-refractivity contribution in [3.05, 3.63) is 77.5 Å². The van der Waals surface area contributed by atoms with Crippen LogP contribution < -0.4 is 5.32 Å². The molecule has 1 amide bonds. The summed E-state index contributed by atoms with van der Waals surface area (Å²) in [5.74, 6) is 0.875.